The summed E-state index contributed by atoms with van der Waals surface area (Å²) < 4.78 is 5.46. The number of nitro groups is 1. The maximum Gasteiger partial charge on any atom is 0.307 e. The number of hydrazone groups is 1. The third-order valence-corrected chi connectivity index (χ3v) is 3.09. The molecule has 0 saturated heterocycles. The molecule has 7 nitrogen and oxygen atoms in total. The Kier molecular flexibility index (Phi) is 4.71. The lowest BCUT2D eigenvalue weighted by Crippen LogP contribution is -2.16. The fraction of sp³-hybridized carbons (Fsp3) is 0. The molecule has 0 radical (unpaired) electrons. The molecule has 0 aliphatic heterocycles. The molecule has 0 saturated carbocycles. The number of carbonyl (C=O) groups excluding carboxylic acids is 1. The number of rotatable bonds is 4. The molecule has 0 aliphatic carbocycles. The molecule has 108 valence electrons. The Bertz CT molecular complexity index is 729. The fourth-order valence-electron chi connectivity index (χ4n) is 1.41. The molecule has 1 aromatic heterocycles. The van der Waals surface area contributed by atoms with E-state index < -0.39 is 10.8 Å². The summed E-state index contributed by atoms with van der Waals surface area (Å²) in [7, 11) is 0. The average molecular weight is 373 g/mol. The highest BCUT2D eigenvalue weighted by atomic mass is 79.9. The van der Waals surface area contributed by atoms with Crippen LogP contribution >= 0.6 is 27.5 Å². The van der Waals surface area contributed by atoms with Crippen molar-refractivity contribution in [2.24, 2.45) is 5.10 Å². The van der Waals surface area contributed by atoms with Gasteiger partial charge in [-0.3, -0.25) is 14.9 Å². The first-order valence-corrected chi connectivity index (χ1v) is 6.67. The second-order valence-corrected chi connectivity index (χ2v) is 4.96. The maximum atomic E-state index is 11.6. The van der Waals surface area contributed by atoms with E-state index in [4.69, 9.17) is 16.0 Å². The highest BCUT2D eigenvalue weighted by molar-refractivity contribution is 9.10. The van der Waals surface area contributed by atoms with Gasteiger partial charge in [0.15, 0.2) is 10.4 Å². The smallest absolute Gasteiger partial charge is 0.307 e. The van der Waals surface area contributed by atoms with Crippen LogP contribution in [0.15, 0.2) is 44.5 Å². The van der Waals surface area contributed by atoms with Gasteiger partial charge in [0.1, 0.15) is 5.02 Å². The Balaban J connectivity index is 2.06. The summed E-state index contributed by atoms with van der Waals surface area (Å²) in [6.45, 7) is 0. The number of nitrogens with one attached hydrogen (secondary N) is 1. The predicted molar refractivity (Wildman–Crippen MR) is 79.6 cm³/mol. The molecule has 0 aliphatic rings. The summed E-state index contributed by atoms with van der Waals surface area (Å²) in [6, 6.07) is 7.21. The van der Waals surface area contributed by atoms with Crippen LogP contribution in [0, 0.1) is 10.1 Å². The molecule has 1 amide bonds. The van der Waals surface area contributed by atoms with Gasteiger partial charge in [-0.1, -0.05) is 17.7 Å². The van der Waals surface area contributed by atoms with Crippen molar-refractivity contribution in [2.75, 3.05) is 0 Å². The lowest BCUT2D eigenvalue weighted by Gasteiger charge is -1.98. The number of hydrogen-bond donors (Lipinski definition) is 1. The third kappa shape index (κ3) is 3.89. The van der Waals surface area contributed by atoms with Gasteiger partial charge in [0, 0.05) is 11.6 Å². The molecule has 0 unspecified atom stereocenters. The van der Waals surface area contributed by atoms with E-state index in [0.717, 1.165) is 0 Å². The van der Waals surface area contributed by atoms with E-state index in [1.54, 1.807) is 6.07 Å². The van der Waals surface area contributed by atoms with Crippen molar-refractivity contribution in [2.45, 2.75) is 0 Å². The largest absolute Gasteiger partial charge is 0.444 e. The van der Waals surface area contributed by atoms with Crippen molar-refractivity contribution < 1.29 is 14.1 Å². The number of furan rings is 1. The molecule has 0 spiro atoms. The Morgan fingerprint density at radius 2 is 2.19 bits per heavy atom. The molecular weight excluding hydrogens is 366 g/mol. The molecule has 2 aromatic rings. The summed E-state index contributed by atoms with van der Waals surface area (Å²) in [5.41, 5.74) is 2.43. The van der Waals surface area contributed by atoms with Crippen LogP contribution in [0.5, 0.6) is 0 Å². The zero-order chi connectivity index (χ0) is 15.4. The van der Waals surface area contributed by atoms with Gasteiger partial charge in [-0.2, -0.15) is 5.10 Å². The van der Waals surface area contributed by atoms with E-state index >= 15 is 0 Å². The van der Waals surface area contributed by atoms with Crippen molar-refractivity contribution >= 4 is 45.3 Å². The minimum Gasteiger partial charge on any atom is -0.444 e. The number of nitro benzene ring substituents is 1. The fourth-order valence-corrected chi connectivity index (χ4v) is 1.90. The Morgan fingerprint density at radius 3 is 2.81 bits per heavy atom. The summed E-state index contributed by atoms with van der Waals surface area (Å²) in [5.74, 6) is -0.457. The van der Waals surface area contributed by atoms with Crippen LogP contribution in [0.3, 0.4) is 0 Å². The van der Waals surface area contributed by atoms with Gasteiger partial charge in [0.2, 0.25) is 0 Å². The van der Waals surface area contributed by atoms with Gasteiger partial charge in [-0.05, 0) is 34.1 Å². The number of benzene rings is 1. The zero-order valence-corrected chi connectivity index (χ0v) is 12.6. The molecule has 0 atom stereocenters. The predicted octanol–water partition coefficient (Wildman–Crippen LogP) is 3.37. The summed E-state index contributed by atoms with van der Waals surface area (Å²) >= 11 is 8.76. The number of carbonyl (C=O) groups is 1. The number of hydrogen-bond acceptors (Lipinski definition) is 5. The SMILES string of the molecule is O=C(NN=Cc1ccc(Cl)c([N+](=O)[O-])c1)c1ccc(Br)o1. The van der Waals surface area contributed by atoms with Crippen molar-refractivity contribution in [3.05, 3.63) is 61.5 Å². The van der Waals surface area contributed by atoms with Gasteiger partial charge in [-0.25, -0.2) is 5.43 Å². The van der Waals surface area contributed by atoms with Crippen LogP contribution in [0.4, 0.5) is 5.69 Å². The van der Waals surface area contributed by atoms with E-state index in [0.29, 0.717) is 10.2 Å². The lowest BCUT2D eigenvalue weighted by molar-refractivity contribution is -0.384. The van der Waals surface area contributed by atoms with Gasteiger partial charge in [0.05, 0.1) is 11.1 Å². The van der Waals surface area contributed by atoms with Crippen molar-refractivity contribution in [1.82, 2.24) is 5.43 Å². The van der Waals surface area contributed by atoms with Crippen LogP contribution in [-0.2, 0) is 0 Å². The maximum absolute atomic E-state index is 11.6. The molecular formula is C12H7BrClN3O4. The molecule has 1 N–H and O–H groups in total. The van der Waals surface area contributed by atoms with Gasteiger partial charge < -0.3 is 4.42 Å². The monoisotopic (exact) mass is 371 g/mol. The van der Waals surface area contributed by atoms with Gasteiger partial charge in [-0.15, -0.1) is 0 Å². The molecule has 9 heteroatoms. The first-order valence-electron chi connectivity index (χ1n) is 5.50. The standard InChI is InChI=1S/C12H7BrClN3O4/c13-11-4-3-10(21-11)12(18)16-15-6-7-1-2-8(14)9(5-7)17(19)20/h1-6H,(H,16,18). The molecule has 0 fully saturated rings. The summed E-state index contributed by atoms with van der Waals surface area (Å²) in [5, 5.41) is 14.5. The van der Waals surface area contributed by atoms with Crippen molar-refractivity contribution in [3.8, 4) is 0 Å². The molecule has 0 bridgehead atoms. The van der Waals surface area contributed by atoms with Crippen LogP contribution in [0.25, 0.3) is 0 Å². The number of halogens is 2. The van der Waals surface area contributed by atoms with Crippen LogP contribution in [0.1, 0.15) is 16.1 Å². The molecule has 21 heavy (non-hydrogen) atoms. The number of amides is 1. The topological polar surface area (TPSA) is 97.7 Å². The van der Waals surface area contributed by atoms with Crippen LogP contribution in [-0.4, -0.2) is 17.0 Å². The van der Waals surface area contributed by atoms with E-state index in [1.165, 1.54) is 30.5 Å². The van der Waals surface area contributed by atoms with E-state index in [9.17, 15) is 14.9 Å². The Labute approximate surface area is 131 Å². The highest BCUT2D eigenvalue weighted by Gasteiger charge is 2.12. The number of nitrogens with zero attached hydrogens (tertiary/aromatic N) is 2. The van der Waals surface area contributed by atoms with Gasteiger partial charge in [0.25, 0.3) is 5.69 Å². The summed E-state index contributed by atoms with van der Waals surface area (Å²) in [4.78, 5) is 21.7. The quantitative estimate of drug-likeness (QED) is 0.505. The van der Waals surface area contributed by atoms with E-state index in [2.05, 4.69) is 26.5 Å². The average Bonchev–Trinajstić information content (AvgIpc) is 2.87. The first kappa shape index (κ1) is 15.2. The Morgan fingerprint density at radius 1 is 1.43 bits per heavy atom. The minimum atomic E-state index is -0.599. The third-order valence-electron chi connectivity index (χ3n) is 2.34. The van der Waals surface area contributed by atoms with Crippen molar-refractivity contribution in [1.29, 1.82) is 0 Å². The second-order valence-electron chi connectivity index (χ2n) is 3.77. The molecule has 1 heterocycles. The van der Waals surface area contributed by atoms with Crippen LogP contribution < -0.4 is 5.43 Å². The van der Waals surface area contributed by atoms with E-state index in [-0.39, 0.29) is 16.5 Å². The molecule has 2 rings (SSSR count). The minimum absolute atomic E-state index is 0.0293. The molecule has 1 aromatic carbocycles. The van der Waals surface area contributed by atoms with Crippen LogP contribution in [0.2, 0.25) is 5.02 Å². The normalized spacial score (nSPS) is 10.8. The van der Waals surface area contributed by atoms with E-state index in [1.807, 2.05) is 0 Å². The first-order chi connectivity index (χ1) is 9.97. The highest BCUT2D eigenvalue weighted by Crippen LogP contribution is 2.24. The lowest BCUT2D eigenvalue weighted by atomic mass is 10.2. The summed E-state index contributed by atoms with van der Waals surface area (Å²) in [6.07, 6.45) is 1.26. The van der Waals surface area contributed by atoms with Gasteiger partial charge >= 0.3 is 5.91 Å². The second kappa shape index (κ2) is 6.51. The Hall–Kier alpha value is -2.19. The van der Waals surface area contributed by atoms with Crippen molar-refractivity contribution in [3.63, 3.8) is 0 Å². The zero-order valence-electron chi connectivity index (χ0n) is 10.2.